The summed E-state index contributed by atoms with van der Waals surface area (Å²) < 4.78 is 10.5. The first-order valence-electron chi connectivity index (χ1n) is 6.90. The fourth-order valence-electron chi connectivity index (χ4n) is 1.83. The van der Waals surface area contributed by atoms with Crippen LogP contribution in [-0.2, 0) is 11.3 Å². The zero-order valence-corrected chi connectivity index (χ0v) is 14.0. The molecule has 0 unspecified atom stereocenters. The van der Waals surface area contributed by atoms with Crippen LogP contribution in [0.25, 0.3) is 0 Å². The molecule has 0 aliphatic heterocycles. The number of carbonyl (C=O) groups excluding carboxylic acids is 1. The monoisotopic (exact) mass is 312 g/mol. The van der Waals surface area contributed by atoms with Crippen molar-refractivity contribution in [1.29, 1.82) is 0 Å². The number of thioether (sulfide) groups is 1. The average molecular weight is 312 g/mol. The highest BCUT2D eigenvalue weighted by Crippen LogP contribution is 2.28. The smallest absolute Gasteiger partial charge is 0.317 e. The van der Waals surface area contributed by atoms with Crippen LogP contribution < -0.4 is 10.1 Å². The van der Waals surface area contributed by atoms with Crippen LogP contribution in [0, 0.1) is 0 Å². The van der Waals surface area contributed by atoms with E-state index >= 15 is 0 Å². The van der Waals surface area contributed by atoms with Crippen molar-refractivity contribution >= 4 is 17.8 Å². The number of hydrogen-bond acceptors (Lipinski definition) is 4. The van der Waals surface area contributed by atoms with Gasteiger partial charge in [-0.15, -0.1) is 11.8 Å². The first-order chi connectivity index (χ1) is 10.1. The lowest BCUT2D eigenvalue weighted by atomic mass is 10.2. The van der Waals surface area contributed by atoms with Gasteiger partial charge in [-0.2, -0.15) is 0 Å². The maximum absolute atomic E-state index is 11.9. The molecule has 0 atom stereocenters. The standard InChI is InChI=1S/C15H24N2O3S/c1-5-20-9-8-16-15(18)17(2)11-12-6-7-14(21-4)13(10-12)19-3/h6-7,10H,5,8-9,11H2,1-4H3,(H,16,18). The number of hydrogen-bond donors (Lipinski definition) is 1. The van der Waals surface area contributed by atoms with Crippen LogP contribution in [0.2, 0.25) is 0 Å². The van der Waals surface area contributed by atoms with E-state index in [0.29, 0.717) is 26.3 Å². The molecule has 0 saturated carbocycles. The molecule has 0 aliphatic rings. The van der Waals surface area contributed by atoms with E-state index in [1.54, 1.807) is 30.8 Å². The van der Waals surface area contributed by atoms with Crippen molar-refractivity contribution in [3.05, 3.63) is 23.8 Å². The number of rotatable bonds is 8. The van der Waals surface area contributed by atoms with Gasteiger partial charge < -0.3 is 19.7 Å². The highest BCUT2D eigenvalue weighted by atomic mass is 32.2. The molecule has 118 valence electrons. The molecule has 0 radical (unpaired) electrons. The molecule has 0 saturated heterocycles. The summed E-state index contributed by atoms with van der Waals surface area (Å²) >= 11 is 1.64. The van der Waals surface area contributed by atoms with Crippen molar-refractivity contribution in [2.24, 2.45) is 0 Å². The van der Waals surface area contributed by atoms with Crippen LogP contribution in [0.4, 0.5) is 4.79 Å². The van der Waals surface area contributed by atoms with E-state index in [-0.39, 0.29) is 6.03 Å². The third-order valence-electron chi connectivity index (χ3n) is 2.94. The molecular weight excluding hydrogens is 288 g/mol. The second-order valence-electron chi connectivity index (χ2n) is 4.47. The van der Waals surface area contributed by atoms with Gasteiger partial charge in [0.15, 0.2) is 0 Å². The van der Waals surface area contributed by atoms with Crippen LogP contribution in [0.5, 0.6) is 5.75 Å². The number of methoxy groups -OCH3 is 1. The lowest BCUT2D eigenvalue weighted by Gasteiger charge is -2.19. The van der Waals surface area contributed by atoms with Crippen LogP contribution >= 0.6 is 11.8 Å². The van der Waals surface area contributed by atoms with E-state index in [2.05, 4.69) is 5.32 Å². The normalized spacial score (nSPS) is 10.3. The number of ether oxygens (including phenoxy) is 2. The minimum atomic E-state index is -0.109. The predicted molar refractivity (Wildman–Crippen MR) is 86.1 cm³/mol. The van der Waals surface area contributed by atoms with Crippen LogP contribution in [0.3, 0.4) is 0 Å². The molecule has 0 bridgehead atoms. The maximum Gasteiger partial charge on any atom is 0.317 e. The highest BCUT2D eigenvalue weighted by molar-refractivity contribution is 7.98. The summed E-state index contributed by atoms with van der Waals surface area (Å²) in [5, 5.41) is 2.82. The largest absolute Gasteiger partial charge is 0.496 e. The van der Waals surface area contributed by atoms with E-state index in [1.807, 2.05) is 31.4 Å². The SMILES string of the molecule is CCOCCNC(=O)N(C)Cc1ccc(SC)c(OC)c1. The third-order valence-corrected chi connectivity index (χ3v) is 3.72. The Morgan fingerprint density at radius 3 is 2.81 bits per heavy atom. The number of urea groups is 1. The van der Waals surface area contributed by atoms with Gasteiger partial charge in [0.1, 0.15) is 5.75 Å². The van der Waals surface area contributed by atoms with Gasteiger partial charge in [0, 0.05) is 31.6 Å². The van der Waals surface area contributed by atoms with Crippen LogP contribution in [0.15, 0.2) is 23.1 Å². The second-order valence-corrected chi connectivity index (χ2v) is 5.32. The van der Waals surface area contributed by atoms with E-state index in [0.717, 1.165) is 16.2 Å². The van der Waals surface area contributed by atoms with Crippen molar-refractivity contribution in [3.8, 4) is 5.75 Å². The minimum Gasteiger partial charge on any atom is -0.496 e. The first kappa shape index (κ1) is 17.7. The fraction of sp³-hybridized carbons (Fsp3) is 0.533. The molecule has 5 nitrogen and oxygen atoms in total. The molecule has 1 rings (SSSR count). The summed E-state index contributed by atoms with van der Waals surface area (Å²) in [4.78, 5) is 14.6. The summed E-state index contributed by atoms with van der Waals surface area (Å²) in [6, 6.07) is 5.89. The Morgan fingerprint density at radius 2 is 2.19 bits per heavy atom. The number of benzene rings is 1. The van der Waals surface area contributed by atoms with E-state index < -0.39 is 0 Å². The van der Waals surface area contributed by atoms with Crippen molar-refractivity contribution in [1.82, 2.24) is 10.2 Å². The van der Waals surface area contributed by atoms with E-state index in [4.69, 9.17) is 9.47 Å². The number of nitrogens with zero attached hydrogens (tertiary/aromatic N) is 1. The average Bonchev–Trinajstić information content (AvgIpc) is 2.51. The molecule has 0 fully saturated rings. The zero-order valence-electron chi connectivity index (χ0n) is 13.1. The summed E-state index contributed by atoms with van der Waals surface area (Å²) in [7, 11) is 3.42. The number of carbonyl (C=O) groups is 1. The minimum absolute atomic E-state index is 0.109. The van der Waals surface area contributed by atoms with E-state index in [9.17, 15) is 4.79 Å². The molecule has 1 N–H and O–H groups in total. The van der Waals surface area contributed by atoms with Crippen LogP contribution in [0.1, 0.15) is 12.5 Å². The molecule has 0 heterocycles. The Morgan fingerprint density at radius 1 is 1.43 bits per heavy atom. The second kappa shape index (κ2) is 9.52. The summed E-state index contributed by atoms with van der Waals surface area (Å²) in [6.07, 6.45) is 2.01. The molecule has 6 heteroatoms. The van der Waals surface area contributed by atoms with Crippen molar-refractivity contribution in [2.75, 3.05) is 40.2 Å². The first-order valence-corrected chi connectivity index (χ1v) is 8.12. The Kier molecular flexibility index (Phi) is 8.00. The van der Waals surface area contributed by atoms with Gasteiger partial charge in [0.2, 0.25) is 0 Å². The molecule has 0 spiro atoms. The number of amides is 2. The molecule has 0 aliphatic carbocycles. The maximum atomic E-state index is 11.9. The van der Waals surface area contributed by atoms with Gasteiger partial charge in [0.25, 0.3) is 0 Å². The van der Waals surface area contributed by atoms with Gasteiger partial charge in [-0.05, 0) is 30.9 Å². The molecule has 21 heavy (non-hydrogen) atoms. The lowest BCUT2D eigenvalue weighted by Crippen LogP contribution is -2.38. The Balaban J connectivity index is 2.53. The third kappa shape index (κ3) is 5.85. The molecular formula is C15H24N2O3S. The Labute approximate surface area is 131 Å². The molecule has 1 aromatic rings. The Bertz CT molecular complexity index is 455. The molecule has 2 amide bonds. The highest BCUT2D eigenvalue weighted by Gasteiger charge is 2.10. The predicted octanol–water partition coefficient (Wildman–Crippen LogP) is 2.60. The quantitative estimate of drug-likeness (QED) is 0.592. The summed E-state index contributed by atoms with van der Waals surface area (Å²) in [5.41, 5.74) is 1.03. The summed E-state index contributed by atoms with van der Waals surface area (Å²) in [5.74, 6) is 0.838. The van der Waals surface area contributed by atoms with Crippen molar-refractivity contribution < 1.29 is 14.3 Å². The van der Waals surface area contributed by atoms with Gasteiger partial charge in [-0.1, -0.05) is 6.07 Å². The van der Waals surface area contributed by atoms with Gasteiger partial charge in [-0.3, -0.25) is 0 Å². The molecule has 0 aromatic heterocycles. The summed E-state index contributed by atoms with van der Waals surface area (Å²) in [6.45, 7) is 4.18. The van der Waals surface area contributed by atoms with Crippen molar-refractivity contribution in [2.45, 2.75) is 18.4 Å². The van der Waals surface area contributed by atoms with Gasteiger partial charge in [0.05, 0.1) is 13.7 Å². The van der Waals surface area contributed by atoms with Crippen molar-refractivity contribution in [3.63, 3.8) is 0 Å². The van der Waals surface area contributed by atoms with Crippen LogP contribution in [-0.4, -0.2) is 51.1 Å². The van der Waals surface area contributed by atoms with Gasteiger partial charge in [-0.25, -0.2) is 4.79 Å². The Hall–Kier alpha value is -1.40. The zero-order chi connectivity index (χ0) is 15.7. The van der Waals surface area contributed by atoms with Gasteiger partial charge >= 0.3 is 6.03 Å². The fourth-order valence-corrected chi connectivity index (χ4v) is 2.38. The number of nitrogens with one attached hydrogen (secondary N) is 1. The lowest BCUT2D eigenvalue weighted by molar-refractivity contribution is 0.146. The van der Waals surface area contributed by atoms with E-state index in [1.165, 1.54) is 0 Å². The topological polar surface area (TPSA) is 50.8 Å². The molecule has 1 aromatic carbocycles.